The Hall–Kier alpha value is -3.15. The molecule has 0 fully saturated rings. The number of rotatable bonds is 5. The molecule has 27 heavy (non-hydrogen) atoms. The molecule has 6 heteroatoms. The molecule has 1 aliphatic rings. The van der Waals surface area contributed by atoms with E-state index in [1.165, 1.54) is 23.0 Å². The number of aryl methyl sites for hydroxylation is 1. The third-order valence-electron chi connectivity index (χ3n) is 4.93. The molecule has 3 aromatic rings. The average molecular weight is 365 g/mol. The zero-order valence-corrected chi connectivity index (χ0v) is 14.7. The maximum Gasteiger partial charge on any atom is 0.228 e. The number of anilines is 1. The molecule has 5 nitrogen and oxygen atoms in total. The molecule has 0 radical (unpaired) electrons. The molecule has 0 bridgehead atoms. The van der Waals surface area contributed by atoms with E-state index in [-0.39, 0.29) is 18.2 Å². The Morgan fingerprint density at radius 2 is 2.07 bits per heavy atom. The van der Waals surface area contributed by atoms with E-state index in [1.807, 2.05) is 18.3 Å². The van der Waals surface area contributed by atoms with Crippen LogP contribution in [0.5, 0.6) is 0 Å². The summed E-state index contributed by atoms with van der Waals surface area (Å²) in [5.74, 6) is -1.49. The summed E-state index contributed by atoms with van der Waals surface area (Å²) in [5.41, 5.74) is 2.21. The van der Waals surface area contributed by atoms with E-state index in [1.54, 1.807) is 6.07 Å². The van der Waals surface area contributed by atoms with Gasteiger partial charge in [0.15, 0.2) is 0 Å². The van der Waals surface area contributed by atoms with Crippen molar-refractivity contribution in [3.8, 4) is 0 Å². The highest BCUT2D eigenvalue weighted by Crippen LogP contribution is 2.32. The van der Waals surface area contributed by atoms with Gasteiger partial charge in [-0.1, -0.05) is 24.3 Å². The third-order valence-corrected chi connectivity index (χ3v) is 4.93. The lowest BCUT2D eigenvalue weighted by Gasteiger charge is -2.24. The van der Waals surface area contributed by atoms with Gasteiger partial charge in [-0.05, 0) is 41.6 Å². The maximum absolute atomic E-state index is 13.4. The zero-order chi connectivity index (χ0) is 18.8. The van der Waals surface area contributed by atoms with Crippen molar-refractivity contribution in [2.45, 2.75) is 25.3 Å². The van der Waals surface area contributed by atoms with E-state index in [0.29, 0.717) is 17.8 Å². The number of hydrogen-bond donors (Lipinski definition) is 2. The van der Waals surface area contributed by atoms with Crippen molar-refractivity contribution >= 4 is 28.4 Å². The number of benzene rings is 2. The maximum atomic E-state index is 13.4. The summed E-state index contributed by atoms with van der Waals surface area (Å²) in [6.45, 7) is 1.31. The van der Waals surface area contributed by atoms with Crippen LogP contribution in [0.15, 0.2) is 54.7 Å². The van der Waals surface area contributed by atoms with Crippen LogP contribution in [0.4, 0.5) is 10.1 Å². The Morgan fingerprint density at radius 1 is 1.22 bits per heavy atom. The van der Waals surface area contributed by atoms with Crippen molar-refractivity contribution < 1.29 is 14.0 Å². The number of nitrogens with one attached hydrogen (secondary N) is 2. The quantitative estimate of drug-likeness (QED) is 0.681. The van der Waals surface area contributed by atoms with Gasteiger partial charge in [-0.2, -0.15) is 0 Å². The van der Waals surface area contributed by atoms with E-state index < -0.39 is 11.7 Å². The van der Waals surface area contributed by atoms with E-state index >= 15 is 0 Å². The summed E-state index contributed by atoms with van der Waals surface area (Å²) in [5, 5.41) is 6.73. The fourth-order valence-electron chi connectivity index (χ4n) is 3.59. The number of halogens is 1. The van der Waals surface area contributed by atoms with Gasteiger partial charge >= 0.3 is 0 Å². The van der Waals surface area contributed by atoms with Crippen molar-refractivity contribution in [3.63, 3.8) is 0 Å². The van der Waals surface area contributed by atoms with Crippen LogP contribution >= 0.6 is 0 Å². The van der Waals surface area contributed by atoms with Crippen LogP contribution in [0.1, 0.15) is 24.3 Å². The highest BCUT2D eigenvalue weighted by atomic mass is 19.1. The Labute approximate surface area is 156 Å². The van der Waals surface area contributed by atoms with Gasteiger partial charge < -0.3 is 15.2 Å². The van der Waals surface area contributed by atoms with Gasteiger partial charge in [0, 0.05) is 36.9 Å². The molecular formula is C21H20FN3O2. The zero-order valence-electron chi connectivity index (χ0n) is 14.7. The molecule has 0 aliphatic carbocycles. The van der Waals surface area contributed by atoms with Crippen LogP contribution < -0.4 is 10.6 Å². The summed E-state index contributed by atoms with van der Waals surface area (Å²) < 4.78 is 15.6. The number of nitrogens with zero attached hydrogens (tertiary/aromatic N) is 1. The second-order valence-electron chi connectivity index (χ2n) is 6.75. The molecule has 2 N–H and O–H groups in total. The van der Waals surface area contributed by atoms with Gasteiger partial charge in [-0.3, -0.25) is 9.59 Å². The molecule has 1 aliphatic heterocycles. The van der Waals surface area contributed by atoms with E-state index in [0.717, 1.165) is 13.0 Å². The molecular weight excluding hydrogens is 345 g/mol. The lowest BCUT2D eigenvalue weighted by molar-refractivity contribution is -0.126. The minimum Gasteiger partial charge on any atom is -0.355 e. The van der Waals surface area contributed by atoms with Crippen molar-refractivity contribution in [1.29, 1.82) is 0 Å². The largest absolute Gasteiger partial charge is 0.355 e. The smallest absolute Gasteiger partial charge is 0.228 e. The predicted molar refractivity (Wildman–Crippen MR) is 102 cm³/mol. The second-order valence-corrected chi connectivity index (χ2v) is 6.75. The van der Waals surface area contributed by atoms with Crippen molar-refractivity contribution in [3.05, 3.63) is 66.1 Å². The fourth-order valence-corrected chi connectivity index (χ4v) is 3.59. The second kappa shape index (κ2) is 7.23. The summed E-state index contributed by atoms with van der Waals surface area (Å²) in [4.78, 5) is 24.4. The van der Waals surface area contributed by atoms with E-state index in [9.17, 15) is 14.0 Å². The van der Waals surface area contributed by atoms with Gasteiger partial charge in [0.25, 0.3) is 0 Å². The molecule has 1 atom stereocenters. The van der Waals surface area contributed by atoms with Gasteiger partial charge in [0.2, 0.25) is 11.8 Å². The molecule has 0 saturated carbocycles. The molecule has 1 unspecified atom stereocenters. The molecule has 138 valence electrons. The summed E-state index contributed by atoms with van der Waals surface area (Å²) >= 11 is 0. The van der Waals surface area contributed by atoms with Crippen molar-refractivity contribution in [2.75, 3.05) is 11.9 Å². The Kier molecular flexibility index (Phi) is 4.62. The SMILES string of the molecule is O=C1CC(C(=O)NCCCn2ccc3ccccc32)c2ccc(F)cc2N1. The fraction of sp³-hybridized carbons (Fsp3) is 0.238. The molecule has 0 saturated heterocycles. The monoisotopic (exact) mass is 365 g/mol. The highest BCUT2D eigenvalue weighted by molar-refractivity contribution is 6.01. The van der Waals surface area contributed by atoms with E-state index in [2.05, 4.69) is 33.4 Å². The predicted octanol–water partition coefficient (Wildman–Crippen LogP) is 3.41. The normalized spacial score (nSPS) is 16.0. The molecule has 1 aromatic heterocycles. The third kappa shape index (κ3) is 3.56. The number of carbonyl (C=O) groups is 2. The van der Waals surface area contributed by atoms with Gasteiger partial charge in [-0.15, -0.1) is 0 Å². The highest BCUT2D eigenvalue weighted by Gasteiger charge is 2.30. The minimum atomic E-state index is -0.582. The number of fused-ring (bicyclic) bond motifs is 2. The van der Waals surface area contributed by atoms with Gasteiger partial charge in [-0.25, -0.2) is 4.39 Å². The van der Waals surface area contributed by atoms with E-state index in [4.69, 9.17) is 0 Å². The lowest BCUT2D eigenvalue weighted by Crippen LogP contribution is -2.35. The number of para-hydroxylation sites is 1. The lowest BCUT2D eigenvalue weighted by atomic mass is 9.89. The number of aromatic nitrogens is 1. The van der Waals surface area contributed by atoms with Crippen molar-refractivity contribution in [2.24, 2.45) is 0 Å². The van der Waals surface area contributed by atoms with Gasteiger partial charge in [0.1, 0.15) is 5.82 Å². The molecule has 2 heterocycles. The van der Waals surface area contributed by atoms with Crippen LogP contribution in [0.2, 0.25) is 0 Å². The average Bonchev–Trinajstić information content (AvgIpc) is 3.07. The first kappa shape index (κ1) is 17.3. The molecule has 2 amide bonds. The summed E-state index contributed by atoms with van der Waals surface area (Å²) in [6.07, 6.45) is 2.90. The standard InChI is InChI=1S/C21H20FN3O2/c22-15-6-7-16-17(13-20(26)24-18(16)12-15)21(27)23-9-3-10-25-11-8-14-4-1-2-5-19(14)25/h1-2,4-8,11-12,17H,3,9-10,13H2,(H,23,27)(H,24,26). The molecule has 2 aromatic carbocycles. The Bertz CT molecular complexity index is 1010. The minimum absolute atomic E-state index is 0.0761. The Morgan fingerprint density at radius 3 is 2.96 bits per heavy atom. The number of amides is 2. The van der Waals surface area contributed by atoms with Crippen LogP contribution in [0.3, 0.4) is 0 Å². The first-order chi connectivity index (χ1) is 13.1. The first-order valence-electron chi connectivity index (χ1n) is 9.03. The molecule has 4 rings (SSSR count). The van der Waals surface area contributed by atoms with Gasteiger partial charge in [0.05, 0.1) is 5.92 Å². The molecule has 0 spiro atoms. The van der Waals surface area contributed by atoms with Crippen LogP contribution in [0, 0.1) is 5.82 Å². The summed E-state index contributed by atoms with van der Waals surface area (Å²) in [6, 6.07) is 14.4. The number of carbonyl (C=O) groups excluding carboxylic acids is 2. The van der Waals surface area contributed by atoms with Crippen LogP contribution in [-0.2, 0) is 16.1 Å². The topological polar surface area (TPSA) is 63.1 Å². The Balaban J connectivity index is 1.37. The van der Waals surface area contributed by atoms with Crippen LogP contribution in [0.25, 0.3) is 10.9 Å². The van der Waals surface area contributed by atoms with Crippen LogP contribution in [-0.4, -0.2) is 22.9 Å². The summed E-state index contributed by atoms with van der Waals surface area (Å²) in [7, 11) is 0. The number of hydrogen-bond acceptors (Lipinski definition) is 2. The van der Waals surface area contributed by atoms with Crippen molar-refractivity contribution in [1.82, 2.24) is 9.88 Å². The first-order valence-corrected chi connectivity index (χ1v) is 9.03.